The number of carbonyl (C=O) groups is 3. The van der Waals surface area contributed by atoms with Gasteiger partial charge in [-0.05, 0) is 36.4 Å². The molecule has 0 bridgehead atoms. The number of anilines is 2. The molecule has 2 aromatic rings. The van der Waals surface area contributed by atoms with Crippen molar-refractivity contribution >= 4 is 64.0 Å². The summed E-state index contributed by atoms with van der Waals surface area (Å²) in [6.07, 6.45) is -5.21. The largest absolute Gasteiger partial charge is 0.456 e. The van der Waals surface area contributed by atoms with Crippen LogP contribution in [0.5, 0.6) is 0 Å². The normalized spacial score (nSPS) is 11.0. The van der Waals surface area contributed by atoms with E-state index in [1.165, 1.54) is 18.2 Å². The number of halogens is 6. The van der Waals surface area contributed by atoms with Crippen molar-refractivity contribution in [1.82, 2.24) is 0 Å². The van der Waals surface area contributed by atoms with E-state index < -0.39 is 36.1 Å². The number of carbonyl (C=O) groups excluding carboxylic acids is 3. The number of amides is 2. The number of benzene rings is 2. The molecule has 2 amide bonds. The predicted molar refractivity (Wildman–Crippen MR) is 110 cm³/mol. The van der Waals surface area contributed by atoms with Crippen LogP contribution in [0, 0.1) is 0 Å². The molecule has 6 nitrogen and oxygen atoms in total. The molecule has 2 N–H and O–H groups in total. The van der Waals surface area contributed by atoms with Crippen LogP contribution in [0.25, 0.3) is 0 Å². The third-order valence-electron chi connectivity index (χ3n) is 3.69. The smallest absolute Gasteiger partial charge is 0.416 e. The van der Waals surface area contributed by atoms with Crippen molar-refractivity contribution in [2.75, 3.05) is 17.2 Å². The monoisotopic (exact) mass is 496 g/mol. The second-order valence-electron chi connectivity index (χ2n) is 6.07. The van der Waals surface area contributed by atoms with E-state index in [-0.39, 0.29) is 28.6 Å². The number of esters is 1. The maximum absolute atomic E-state index is 12.7. The van der Waals surface area contributed by atoms with Crippen molar-refractivity contribution in [1.29, 1.82) is 0 Å². The zero-order valence-electron chi connectivity index (χ0n) is 15.5. The lowest BCUT2D eigenvalue weighted by atomic mass is 10.2. The van der Waals surface area contributed by atoms with Crippen LogP contribution in [0.15, 0.2) is 36.4 Å². The zero-order valence-corrected chi connectivity index (χ0v) is 17.8. The van der Waals surface area contributed by atoms with E-state index in [0.717, 1.165) is 12.1 Å². The van der Waals surface area contributed by atoms with E-state index in [2.05, 4.69) is 10.6 Å². The fourth-order valence-electron chi connectivity index (χ4n) is 2.22. The molecular formula is C19H14Cl3F3N2O4. The zero-order chi connectivity index (χ0) is 23.2. The highest BCUT2D eigenvalue weighted by Gasteiger charge is 2.31. The maximum Gasteiger partial charge on any atom is 0.416 e. The van der Waals surface area contributed by atoms with Crippen LogP contribution >= 0.6 is 34.8 Å². The van der Waals surface area contributed by atoms with E-state index in [0.29, 0.717) is 16.8 Å². The molecular weight excluding hydrogens is 484 g/mol. The van der Waals surface area contributed by atoms with Crippen molar-refractivity contribution < 1.29 is 32.3 Å². The SMILES string of the molecule is O=C(CCC(=O)OCC(=O)Nc1cc(C(F)(F)F)ccc1Cl)Nc1ccc(Cl)cc1Cl. The number of ether oxygens (including phenoxy) is 1. The van der Waals surface area contributed by atoms with Crippen LogP contribution in [0.3, 0.4) is 0 Å². The van der Waals surface area contributed by atoms with Gasteiger partial charge in [-0.3, -0.25) is 14.4 Å². The second-order valence-corrected chi connectivity index (χ2v) is 7.32. The molecule has 0 aliphatic heterocycles. The summed E-state index contributed by atoms with van der Waals surface area (Å²) in [4.78, 5) is 35.4. The van der Waals surface area contributed by atoms with E-state index >= 15 is 0 Å². The lowest BCUT2D eigenvalue weighted by Gasteiger charge is -2.12. The molecule has 166 valence electrons. The summed E-state index contributed by atoms with van der Waals surface area (Å²) in [5.74, 6) is -2.28. The highest BCUT2D eigenvalue weighted by molar-refractivity contribution is 6.36. The molecule has 0 fully saturated rings. The number of rotatable bonds is 7. The molecule has 12 heteroatoms. The van der Waals surface area contributed by atoms with Gasteiger partial charge in [0.05, 0.1) is 33.4 Å². The first-order valence-electron chi connectivity index (χ1n) is 8.53. The Balaban J connectivity index is 1.79. The Kier molecular flexibility index (Phi) is 8.55. The average molecular weight is 498 g/mol. The minimum atomic E-state index is -4.62. The molecule has 0 radical (unpaired) electrons. The molecule has 0 aliphatic carbocycles. The van der Waals surface area contributed by atoms with E-state index in [1.54, 1.807) is 0 Å². The molecule has 0 atom stereocenters. The summed E-state index contributed by atoms with van der Waals surface area (Å²) in [5.41, 5.74) is -0.977. The van der Waals surface area contributed by atoms with Gasteiger partial charge in [0.2, 0.25) is 5.91 Å². The van der Waals surface area contributed by atoms with Crippen LogP contribution in [0.4, 0.5) is 24.5 Å². The van der Waals surface area contributed by atoms with E-state index in [4.69, 9.17) is 39.5 Å². The quantitative estimate of drug-likeness (QED) is 0.490. The van der Waals surface area contributed by atoms with Gasteiger partial charge in [-0.1, -0.05) is 34.8 Å². The maximum atomic E-state index is 12.7. The summed E-state index contributed by atoms with van der Waals surface area (Å²) in [6.45, 7) is -0.768. The third-order valence-corrected chi connectivity index (χ3v) is 4.57. The van der Waals surface area contributed by atoms with Crippen molar-refractivity contribution in [3.05, 3.63) is 57.0 Å². The van der Waals surface area contributed by atoms with Gasteiger partial charge in [0.25, 0.3) is 5.91 Å². The summed E-state index contributed by atoms with van der Waals surface area (Å²) in [6, 6.07) is 6.85. The van der Waals surface area contributed by atoms with Gasteiger partial charge in [0, 0.05) is 11.4 Å². The third kappa shape index (κ3) is 7.93. The molecule has 0 saturated carbocycles. The first-order chi connectivity index (χ1) is 14.5. The van der Waals surface area contributed by atoms with Crippen LogP contribution in [0.1, 0.15) is 18.4 Å². The molecule has 0 saturated heterocycles. The van der Waals surface area contributed by atoms with Crippen molar-refractivity contribution in [2.24, 2.45) is 0 Å². The average Bonchev–Trinajstić information content (AvgIpc) is 2.67. The Bertz CT molecular complexity index is 1000. The fourth-order valence-corrected chi connectivity index (χ4v) is 2.84. The van der Waals surface area contributed by atoms with Gasteiger partial charge in [0.1, 0.15) is 0 Å². The summed E-state index contributed by atoms with van der Waals surface area (Å²) < 4.78 is 43.0. The summed E-state index contributed by atoms with van der Waals surface area (Å²) >= 11 is 17.5. The first-order valence-corrected chi connectivity index (χ1v) is 9.66. The molecule has 0 aromatic heterocycles. The molecule has 0 spiro atoms. The van der Waals surface area contributed by atoms with Crippen molar-refractivity contribution in [2.45, 2.75) is 19.0 Å². The van der Waals surface area contributed by atoms with Crippen molar-refractivity contribution in [3.8, 4) is 0 Å². The predicted octanol–water partition coefficient (Wildman–Crippen LogP) is 5.57. The van der Waals surface area contributed by atoms with Gasteiger partial charge in [-0.15, -0.1) is 0 Å². The lowest BCUT2D eigenvalue weighted by Crippen LogP contribution is -2.22. The van der Waals surface area contributed by atoms with Crippen LogP contribution in [0.2, 0.25) is 15.1 Å². The highest BCUT2D eigenvalue weighted by atomic mass is 35.5. The topological polar surface area (TPSA) is 84.5 Å². The Labute approximate surface area is 189 Å². The van der Waals surface area contributed by atoms with Gasteiger partial charge in [0.15, 0.2) is 6.61 Å². The number of hydrogen-bond acceptors (Lipinski definition) is 4. The highest BCUT2D eigenvalue weighted by Crippen LogP contribution is 2.33. The lowest BCUT2D eigenvalue weighted by molar-refractivity contribution is -0.147. The minimum Gasteiger partial charge on any atom is -0.456 e. The second kappa shape index (κ2) is 10.7. The molecule has 0 aliphatic rings. The van der Waals surface area contributed by atoms with Crippen LogP contribution < -0.4 is 10.6 Å². The Morgan fingerprint density at radius 2 is 1.52 bits per heavy atom. The van der Waals surface area contributed by atoms with Crippen LogP contribution in [-0.2, 0) is 25.3 Å². The summed E-state index contributed by atoms with van der Waals surface area (Å²) in [5, 5.41) is 5.11. The number of hydrogen-bond donors (Lipinski definition) is 2. The van der Waals surface area contributed by atoms with Gasteiger partial charge in [-0.25, -0.2) is 0 Å². The molecule has 0 heterocycles. The fraction of sp³-hybridized carbons (Fsp3) is 0.211. The standard InChI is InChI=1S/C19H14Cl3F3N2O4/c20-11-2-4-14(13(22)8-11)26-16(28)5-6-18(30)31-9-17(29)27-15-7-10(19(23,24)25)1-3-12(15)21/h1-4,7-8H,5-6,9H2,(H,26,28)(H,27,29). The van der Waals surface area contributed by atoms with Crippen LogP contribution in [-0.4, -0.2) is 24.4 Å². The van der Waals surface area contributed by atoms with E-state index in [9.17, 15) is 27.6 Å². The van der Waals surface area contributed by atoms with Gasteiger partial charge in [-0.2, -0.15) is 13.2 Å². The van der Waals surface area contributed by atoms with E-state index in [1.807, 2.05) is 0 Å². The van der Waals surface area contributed by atoms with Crippen molar-refractivity contribution in [3.63, 3.8) is 0 Å². The number of alkyl halides is 3. The first kappa shape index (κ1) is 24.8. The Hall–Kier alpha value is -2.49. The molecule has 0 unspecified atom stereocenters. The van der Waals surface area contributed by atoms with Gasteiger partial charge < -0.3 is 15.4 Å². The van der Waals surface area contributed by atoms with Gasteiger partial charge >= 0.3 is 12.1 Å². The molecule has 2 aromatic carbocycles. The molecule has 31 heavy (non-hydrogen) atoms. The summed E-state index contributed by atoms with van der Waals surface area (Å²) in [7, 11) is 0. The molecule has 2 rings (SSSR count). The number of nitrogens with one attached hydrogen (secondary N) is 2. The Morgan fingerprint density at radius 3 is 2.16 bits per heavy atom. The Morgan fingerprint density at radius 1 is 0.839 bits per heavy atom. The minimum absolute atomic E-state index is 0.120.